The molecule has 1 aliphatic rings. The maximum Gasteiger partial charge on any atom is 0.272 e. The van der Waals surface area contributed by atoms with Crippen molar-refractivity contribution in [2.24, 2.45) is 0 Å². The van der Waals surface area contributed by atoms with Crippen LogP contribution in [0.2, 0.25) is 0 Å². The highest BCUT2D eigenvalue weighted by atomic mass is 127. The van der Waals surface area contributed by atoms with Crippen LogP contribution in [-0.4, -0.2) is 38.0 Å². The number of hydrogen-bond acceptors (Lipinski definition) is 4. The fraction of sp³-hybridized carbons (Fsp3) is 0.375. The third kappa shape index (κ3) is 4.79. The second-order valence-electron chi connectivity index (χ2n) is 7.98. The number of hydrogen-bond donors (Lipinski definition) is 0. The molecule has 0 saturated carbocycles. The molecule has 1 fully saturated rings. The molecule has 1 aliphatic heterocycles. The minimum absolute atomic E-state index is 0.0402. The first-order valence-corrected chi connectivity index (χ1v) is 14.2. The molecular weight excluding hydrogens is 538 g/mol. The second kappa shape index (κ2) is 10.2. The van der Waals surface area contributed by atoms with E-state index in [1.54, 1.807) is 22.7 Å². The molecule has 1 aromatic carbocycles. The van der Waals surface area contributed by atoms with Crippen LogP contribution in [0.3, 0.4) is 0 Å². The van der Waals surface area contributed by atoms with E-state index in [1.807, 2.05) is 17.9 Å². The van der Waals surface area contributed by atoms with Crippen LogP contribution in [0, 0.1) is 17.0 Å². The lowest BCUT2D eigenvalue weighted by Gasteiger charge is -2.27. The fourth-order valence-electron chi connectivity index (χ4n) is 4.13. The molecule has 5 nitrogen and oxygen atoms in total. The number of amides is 1. The molecule has 2 aromatic heterocycles. The predicted molar refractivity (Wildman–Crippen MR) is 135 cm³/mol. The van der Waals surface area contributed by atoms with Gasteiger partial charge in [-0.05, 0) is 64.6 Å². The van der Waals surface area contributed by atoms with Gasteiger partial charge in [-0.25, -0.2) is 13.9 Å². The minimum atomic E-state index is -0.383. The van der Waals surface area contributed by atoms with Crippen LogP contribution in [-0.2, 0) is 6.42 Å². The normalized spacial score (nSPS) is 16.5. The summed E-state index contributed by atoms with van der Waals surface area (Å²) in [5.41, 5.74) is 3.34. The lowest BCUT2D eigenvalue weighted by Crippen LogP contribution is -2.38. The molecule has 4 rings (SSSR count). The Bertz CT molecular complexity index is 1220. The molecule has 0 aliphatic carbocycles. The Kier molecular flexibility index (Phi) is 7.36. The Morgan fingerprint density at radius 3 is 2.88 bits per heavy atom. The summed E-state index contributed by atoms with van der Waals surface area (Å²) in [6.45, 7) is 4.88. The topological polar surface area (TPSA) is 50.5 Å². The van der Waals surface area contributed by atoms with Gasteiger partial charge in [0.15, 0.2) is 5.65 Å². The zero-order valence-electron chi connectivity index (χ0n) is 18.1. The van der Waals surface area contributed by atoms with Crippen molar-refractivity contribution in [2.45, 2.75) is 52.0 Å². The van der Waals surface area contributed by atoms with Crippen LogP contribution in [0.5, 0.6) is 0 Å². The molecule has 0 radical (unpaired) electrons. The molecule has 1 amide bonds. The van der Waals surface area contributed by atoms with E-state index in [4.69, 9.17) is 0 Å². The average molecular weight is 562 g/mol. The highest BCUT2D eigenvalue weighted by Gasteiger charge is 2.25. The SMILES string of the molecule is CCc1cc(C(=O)N2CCCCC[C@H]2C)nc2cc(-c3ccc(C#CSI)cc3F)nn12. The first-order valence-electron chi connectivity index (χ1n) is 10.8. The van der Waals surface area contributed by atoms with E-state index in [1.165, 1.54) is 15.0 Å². The van der Waals surface area contributed by atoms with Crippen molar-refractivity contribution in [2.75, 3.05) is 6.54 Å². The fourth-order valence-corrected chi connectivity index (χ4v) is 4.62. The van der Waals surface area contributed by atoms with E-state index < -0.39 is 0 Å². The molecule has 0 unspecified atom stereocenters. The smallest absolute Gasteiger partial charge is 0.272 e. The maximum absolute atomic E-state index is 14.8. The molecule has 0 spiro atoms. The van der Waals surface area contributed by atoms with Crippen molar-refractivity contribution in [1.82, 2.24) is 19.5 Å². The quantitative estimate of drug-likeness (QED) is 0.295. The molecule has 1 atom stereocenters. The first kappa shape index (κ1) is 23.1. The van der Waals surface area contributed by atoms with E-state index in [2.05, 4.69) is 49.4 Å². The van der Waals surface area contributed by atoms with E-state index in [-0.39, 0.29) is 17.8 Å². The highest BCUT2D eigenvalue weighted by molar-refractivity contribution is 14.2. The summed E-state index contributed by atoms with van der Waals surface area (Å²) in [6, 6.07) is 8.66. The zero-order valence-corrected chi connectivity index (χ0v) is 21.0. The van der Waals surface area contributed by atoms with Crippen molar-refractivity contribution in [3.63, 3.8) is 0 Å². The number of carbonyl (C=O) groups is 1. The van der Waals surface area contributed by atoms with Crippen LogP contribution in [0.25, 0.3) is 16.9 Å². The van der Waals surface area contributed by atoms with Crippen molar-refractivity contribution >= 4 is 41.7 Å². The summed E-state index contributed by atoms with van der Waals surface area (Å²) in [4.78, 5) is 19.8. The van der Waals surface area contributed by atoms with Gasteiger partial charge in [0.2, 0.25) is 0 Å². The molecule has 8 heteroatoms. The third-order valence-corrected chi connectivity index (χ3v) is 6.71. The zero-order chi connectivity index (χ0) is 22.7. The summed E-state index contributed by atoms with van der Waals surface area (Å²) < 4.78 is 16.5. The lowest BCUT2D eigenvalue weighted by molar-refractivity contribution is 0.0692. The van der Waals surface area contributed by atoms with E-state index >= 15 is 0 Å². The van der Waals surface area contributed by atoms with Crippen LogP contribution < -0.4 is 0 Å². The Hall–Kier alpha value is -2.12. The van der Waals surface area contributed by atoms with Crippen molar-refractivity contribution in [3.05, 3.63) is 53.1 Å². The molecule has 0 bridgehead atoms. The van der Waals surface area contributed by atoms with Gasteiger partial charge in [0.05, 0.1) is 5.69 Å². The number of rotatable bonds is 3. The van der Waals surface area contributed by atoms with Crippen LogP contribution in [0.1, 0.15) is 61.3 Å². The van der Waals surface area contributed by atoms with E-state index in [0.717, 1.165) is 37.9 Å². The van der Waals surface area contributed by atoms with Gasteiger partial charge in [-0.3, -0.25) is 4.79 Å². The average Bonchev–Trinajstić information content (AvgIpc) is 3.10. The van der Waals surface area contributed by atoms with Crippen LogP contribution in [0.4, 0.5) is 4.39 Å². The van der Waals surface area contributed by atoms with Crippen LogP contribution >= 0.6 is 30.1 Å². The van der Waals surface area contributed by atoms with Gasteiger partial charge in [0.25, 0.3) is 5.91 Å². The molecular formula is C24H24FIN4OS. The summed E-state index contributed by atoms with van der Waals surface area (Å²) >= 11 is 2.08. The number of halogens is 2. The molecule has 3 aromatic rings. The number of fused-ring (bicyclic) bond motifs is 1. The first-order chi connectivity index (χ1) is 15.5. The maximum atomic E-state index is 14.8. The molecule has 32 heavy (non-hydrogen) atoms. The largest absolute Gasteiger partial charge is 0.335 e. The van der Waals surface area contributed by atoms with Gasteiger partial charge < -0.3 is 4.90 Å². The Morgan fingerprint density at radius 2 is 2.12 bits per heavy atom. The number of likely N-dealkylation sites (tertiary alicyclic amines) is 1. The molecule has 1 saturated heterocycles. The summed E-state index contributed by atoms with van der Waals surface area (Å²) in [5, 5.41) is 7.46. The van der Waals surface area contributed by atoms with Gasteiger partial charge in [-0.2, -0.15) is 5.10 Å². The van der Waals surface area contributed by atoms with E-state index in [0.29, 0.717) is 34.6 Å². The van der Waals surface area contributed by atoms with Gasteiger partial charge in [-0.15, -0.1) is 0 Å². The van der Waals surface area contributed by atoms with Crippen LogP contribution in [0.15, 0.2) is 30.3 Å². The van der Waals surface area contributed by atoms with Gasteiger partial charge in [0.1, 0.15) is 11.5 Å². The third-order valence-electron chi connectivity index (χ3n) is 5.88. The number of benzene rings is 1. The summed E-state index contributed by atoms with van der Waals surface area (Å²) in [7, 11) is 1.36. The Labute approximate surface area is 203 Å². The minimum Gasteiger partial charge on any atom is -0.335 e. The number of nitrogens with zero attached hydrogens (tertiary/aromatic N) is 4. The van der Waals surface area contributed by atoms with Gasteiger partial charge in [-0.1, -0.05) is 25.7 Å². The number of aromatic nitrogens is 3. The van der Waals surface area contributed by atoms with Gasteiger partial charge in [0, 0.05) is 56.7 Å². The Morgan fingerprint density at radius 1 is 1.28 bits per heavy atom. The molecule has 0 N–H and O–H groups in total. The summed E-state index contributed by atoms with van der Waals surface area (Å²) in [5.74, 6) is 2.48. The summed E-state index contributed by atoms with van der Waals surface area (Å²) in [6.07, 6.45) is 5.02. The molecule has 3 heterocycles. The van der Waals surface area contributed by atoms with Crippen molar-refractivity contribution < 1.29 is 9.18 Å². The van der Waals surface area contributed by atoms with Gasteiger partial charge >= 0.3 is 0 Å². The lowest BCUT2D eigenvalue weighted by atomic mass is 10.1. The second-order valence-corrected chi connectivity index (χ2v) is 9.66. The van der Waals surface area contributed by atoms with E-state index in [9.17, 15) is 9.18 Å². The molecule has 166 valence electrons. The van der Waals surface area contributed by atoms with Crippen molar-refractivity contribution in [3.8, 4) is 22.4 Å². The highest BCUT2D eigenvalue weighted by Crippen LogP contribution is 2.25. The number of carbonyl (C=O) groups excluding carboxylic acids is 1. The van der Waals surface area contributed by atoms with Crippen molar-refractivity contribution in [1.29, 1.82) is 0 Å². The number of aryl methyl sites for hydroxylation is 1. The monoisotopic (exact) mass is 562 g/mol. The standard InChI is InChI=1S/C24H24FIN4OS/c1-3-18-14-22(24(31)29-11-6-4-5-7-16(29)2)27-23-15-21(28-30(18)23)19-9-8-17(10-12-32-26)13-20(19)25/h8-9,13-16H,3-7,11H2,1-2H3/t16-/m1/s1. The predicted octanol–water partition coefficient (Wildman–Crippen LogP) is 5.89. The Balaban J connectivity index is 1.72.